The monoisotopic (exact) mass is 428 g/mol. The molecule has 4 rings (SSSR count). The van der Waals surface area contributed by atoms with E-state index in [1.807, 2.05) is 0 Å². The van der Waals surface area contributed by atoms with E-state index in [0.717, 1.165) is 49.4 Å². The second kappa shape index (κ2) is 8.32. The molecule has 3 fully saturated rings. The summed E-state index contributed by atoms with van der Waals surface area (Å²) in [6.45, 7) is 15.7. The van der Waals surface area contributed by atoms with Crippen molar-refractivity contribution in [2.24, 2.45) is 46.3 Å². The van der Waals surface area contributed by atoms with Gasteiger partial charge in [-0.3, -0.25) is 0 Å². The zero-order valence-corrected chi connectivity index (χ0v) is 20.9. The summed E-state index contributed by atoms with van der Waals surface area (Å²) in [6.07, 6.45) is 16.0. The Hall–Kier alpha value is -0.600. The van der Waals surface area contributed by atoms with Crippen LogP contribution >= 0.6 is 0 Å². The van der Waals surface area contributed by atoms with Crippen LogP contribution in [0.3, 0.4) is 0 Å². The lowest BCUT2D eigenvalue weighted by Gasteiger charge is -2.58. The van der Waals surface area contributed by atoms with Crippen molar-refractivity contribution < 1.29 is 10.2 Å². The van der Waals surface area contributed by atoms with Gasteiger partial charge in [0.15, 0.2) is 0 Å². The van der Waals surface area contributed by atoms with E-state index >= 15 is 0 Å². The number of rotatable bonds is 6. The van der Waals surface area contributed by atoms with E-state index in [9.17, 15) is 10.2 Å². The summed E-state index contributed by atoms with van der Waals surface area (Å²) in [5.74, 6) is 4.17. The zero-order valence-electron chi connectivity index (χ0n) is 20.9. The zero-order chi connectivity index (χ0) is 22.6. The van der Waals surface area contributed by atoms with Gasteiger partial charge in [0.1, 0.15) is 0 Å². The molecule has 2 heteroatoms. The van der Waals surface area contributed by atoms with E-state index in [1.165, 1.54) is 38.5 Å². The van der Waals surface area contributed by atoms with Crippen LogP contribution in [0.2, 0.25) is 0 Å². The van der Waals surface area contributed by atoms with Gasteiger partial charge in [-0.2, -0.15) is 0 Å². The molecule has 0 saturated heterocycles. The van der Waals surface area contributed by atoms with Crippen LogP contribution in [0.25, 0.3) is 0 Å². The third-order valence-electron chi connectivity index (χ3n) is 11.2. The second-order valence-corrected chi connectivity index (χ2v) is 12.8. The van der Waals surface area contributed by atoms with Crippen LogP contribution in [0.1, 0.15) is 98.8 Å². The summed E-state index contributed by atoms with van der Waals surface area (Å²) >= 11 is 0. The van der Waals surface area contributed by atoms with Gasteiger partial charge in [0.05, 0.1) is 11.7 Å². The molecular weight excluding hydrogens is 380 g/mol. The number of allylic oxidation sites excluding steroid dienone is 1. The van der Waals surface area contributed by atoms with E-state index in [4.69, 9.17) is 0 Å². The normalized spacial score (nSPS) is 45.2. The SMILES string of the molecule is C=C[C@@](O)(CC[C@@H](C)[C@H]1CC[C@H]2[C@@H]3CC=C4C[C@@H](O)CC[C@]4(C)[C@H]3CC[C@]12C)C(C)C. The van der Waals surface area contributed by atoms with Crippen molar-refractivity contribution in [2.75, 3.05) is 0 Å². The fourth-order valence-electron chi connectivity index (χ4n) is 8.90. The molecule has 9 atom stereocenters. The summed E-state index contributed by atoms with van der Waals surface area (Å²) < 4.78 is 0. The highest BCUT2D eigenvalue weighted by Crippen LogP contribution is 2.67. The molecule has 4 aliphatic carbocycles. The molecule has 0 heterocycles. The minimum absolute atomic E-state index is 0.110. The Morgan fingerprint density at radius 3 is 2.55 bits per heavy atom. The Kier molecular flexibility index (Phi) is 6.32. The molecular formula is C29H48O2. The Morgan fingerprint density at radius 2 is 1.87 bits per heavy atom. The highest BCUT2D eigenvalue weighted by molar-refractivity contribution is 5.25. The molecule has 3 saturated carbocycles. The Morgan fingerprint density at radius 1 is 1.13 bits per heavy atom. The first kappa shape index (κ1) is 23.6. The molecule has 0 aromatic carbocycles. The maximum absolute atomic E-state index is 11.0. The molecule has 0 amide bonds. The average Bonchev–Trinajstić information content (AvgIpc) is 3.09. The van der Waals surface area contributed by atoms with Gasteiger partial charge in [-0.25, -0.2) is 0 Å². The van der Waals surface area contributed by atoms with Gasteiger partial charge in [-0.05, 0) is 111 Å². The van der Waals surface area contributed by atoms with Crippen LogP contribution in [-0.2, 0) is 0 Å². The quantitative estimate of drug-likeness (QED) is 0.451. The minimum atomic E-state index is -0.727. The van der Waals surface area contributed by atoms with Crippen molar-refractivity contribution in [3.05, 3.63) is 24.3 Å². The van der Waals surface area contributed by atoms with E-state index in [1.54, 1.807) is 11.6 Å². The number of aliphatic hydroxyl groups excluding tert-OH is 1. The molecule has 0 aromatic rings. The predicted octanol–water partition coefficient (Wildman–Crippen LogP) is 6.92. The van der Waals surface area contributed by atoms with Gasteiger partial charge < -0.3 is 10.2 Å². The summed E-state index contributed by atoms with van der Waals surface area (Å²) in [6, 6.07) is 0. The highest BCUT2D eigenvalue weighted by atomic mass is 16.3. The number of fused-ring (bicyclic) bond motifs is 5. The predicted molar refractivity (Wildman–Crippen MR) is 130 cm³/mol. The molecule has 0 unspecified atom stereocenters. The van der Waals surface area contributed by atoms with E-state index < -0.39 is 5.60 Å². The molecule has 0 spiro atoms. The van der Waals surface area contributed by atoms with Crippen LogP contribution < -0.4 is 0 Å². The number of hydrogen-bond acceptors (Lipinski definition) is 2. The van der Waals surface area contributed by atoms with Gasteiger partial charge in [-0.1, -0.05) is 52.3 Å². The minimum Gasteiger partial charge on any atom is -0.393 e. The standard InChI is InChI=1S/C29H48O2/c1-7-29(31,19(2)3)17-12-20(4)24-10-11-25-23-9-8-21-18-22(30)13-15-27(21,5)26(23)14-16-28(24,25)6/h7-8,19-20,22-26,30-31H,1,9-18H2,2-6H3/t20-,22+,23+,24-,25+,26+,27+,28-,29-/m1/s1. The summed E-state index contributed by atoms with van der Waals surface area (Å²) in [4.78, 5) is 0. The lowest BCUT2D eigenvalue weighted by Crippen LogP contribution is -2.50. The van der Waals surface area contributed by atoms with Gasteiger partial charge in [0.2, 0.25) is 0 Å². The van der Waals surface area contributed by atoms with Crippen LogP contribution in [-0.4, -0.2) is 21.9 Å². The molecule has 0 radical (unpaired) electrons. The molecule has 0 aliphatic heterocycles. The molecule has 176 valence electrons. The first-order valence-electron chi connectivity index (χ1n) is 13.3. The van der Waals surface area contributed by atoms with Crippen molar-refractivity contribution in [1.29, 1.82) is 0 Å². The van der Waals surface area contributed by atoms with Gasteiger partial charge in [0, 0.05) is 0 Å². The summed E-state index contributed by atoms with van der Waals surface area (Å²) in [5.41, 5.74) is 1.65. The van der Waals surface area contributed by atoms with Crippen LogP contribution in [0.5, 0.6) is 0 Å². The van der Waals surface area contributed by atoms with Gasteiger partial charge in [-0.15, -0.1) is 6.58 Å². The second-order valence-electron chi connectivity index (χ2n) is 12.8. The van der Waals surface area contributed by atoms with Crippen LogP contribution in [0, 0.1) is 46.3 Å². The summed E-state index contributed by atoms with van der Waals surface area (Å²) in [7, 11) is 0. The Bertz CT molecular complexity index is 710. The maximum Gasteiger partial charge on any atom is 0.0847 e. The van der Waals surface area contributed by atoms with E-state index in [-0.39, 0.29) is 12.0 Å². The van der Waals surface area contributed by atoms with Crippen molar-refractivity contribution >= 4 is 0 Å². The third kappa shape index (κ3) is 3.78. The maximum atomic E-state index is 11.0. The molecule has 31 heavy (non-hydrogen) atoms. The van der Waals surface area contributed by atoms with Crippen LogP contribution in [0.15, 0.2) is 24.3 Å². The molecule has 0 aromatic heterocycles. The largest absolute Gasteiger partial charge is 0.393 e. The first-order chi connectivity index (χ1) is 14.5. The third-order valence-corrected chi connectivity index (χ3v) is 11.2. The molecule has 0 bridgehead atoms. The molecule has 2 nitrogen and oxygen atoms in total. The average molecular weight is 429 g/mol. The summed E-state index contributed by atoms with van der Waals surface area (Å²) in [5, 5.41) is 21.2. The molecule has 4 aliphatic rings. The van der Waals surface area contributed by atoms with Crippen molar-refractivity contribution in [3.63, 3.8) is 0 Å². The fraction of sp³-hybridized carbons (Fsp3) is 0.862. The number of hydrogen-bond donors (Lipinski definition) is 2. The van der Waals surface area contributed by atoms with E-state index in [0.29, 0.717) is 16.7 Å². The van der Waals surface area contributed by atoms with Crippen molar-refractivity contribution in [3.8, 4) is 0 Å². The topological polar surface area (TPSA) is 40.5 Å². The van der Waals surface area contributed by atoms with E-state index in [2.05, 4.69) is 47.3 Å². The molecule has 2 N–H and O–H groups in total. The van der Waals surface area contributed by atoms with Crippen LogP contribution in [0.4, 0.5) is 0 Å². The Balaban J connectivity index is 1.49. The Labute approximate surface area is 191 Å². The van der Waals surface area contributed by atoms with Gasteiger partial charge >= 0.3 is 0 Å². The lowest BCUT2D eigenvalue weighted by molar-refractivity contribution is -0.0590. The smallest absolute Gasteiger partial charge is 0.0847 e. The number of aliphatic hydroxyl groups is 2. The van der Waals surface area contributed by atoms with Gasteiger partial charge in [0.25, 0.3) is 0 Å². The van der Waals surface area contributed by atoms with Crippen molar-refractivity contribution in [1.82, 2.24) is 0 Å². The van der Waals surface area contributed by atoms with Crippen molar-refractivity contribution in [2.45, 2.75) is 111 Å². The lowest BCUT2D eigenvalue weighted by atomic mass is 9.47. The highest BCUT2D eigenvalue weighted by Gasteiger charge is 2.59. The first-order valence-corrected chi connectivity index (χ1v) is 13.3. The fourth-order valence-corrected chi connectivity index (χ4v) is 8.90.